The largest absolute Gasteiger partial charge is 0.394 e. The molecule has 1 N–H and O–H groups in total. The Morgan fingerprint density at radius 3 is 1.20 bits per heavy atom. The van der Waals surface area contributed by atoms with Crippen LogP contribution in [0.1, 0.15) is 75.7 Å². The molecule has 0 aliphatic rings. The quantitative estimate of drug-likeness (QED) is 0.635. The first-order chi connectivity index (χ1) is 7.31. The van der Waals surface area contributed by atoms with Crippen molar-refractivity contribution < 1.29 is 0 Å². The lowest BCUT2D eigenvalue weighted by Gasteiger charge is -1.91. The highest BCUT2D eigenvalue weighted by Gasteiger charge is 1.76. The molecule has 1 nitrogen and oxygen atoms in total. The van der Waals surface area contributed by atoms with Crippen LogP contribution in [0.25, 0.3) is 0 Å². The fourth-order valence-electron chi connectivity index (χ4n) is 0.348. The van der Waals surface area contributed by atoms with Gasteiger partial charge in [0.15, 0.2) is 0 Å². The topological polar surface area (TPSA) is 12.0 Å². The predicted molar refractivity (Wildman–Crippen MR) is 78.5 cm³/mol. The Kier molecular flexibility index (Phi) is 135. The highest BCUT2D eigenvalue weighted by Crippen LogP contribution is 1.93. The molecule has 98 valence electrons. The van der Waals surface area contributed by atoms with Crippen LogP contribution in [0.5, 0.6) is 0 Å². The van der Waals surface area contributed by atoms with E-state index in [9.17, 15) is 0 Å². The Labute approximate surface area is 100 Å². The van der Waals surface area contributed by atoms with Gasteiger partial charge in [0.25, 0.3) is 0 Å². The van der Waals surface area contributed by atoms with Gasteiger partial charge in [-0.15, -0.1) is 0 Å². The number of hydrogen-bond donors (Lipinski definition) is 1. The van der Waals surface area contributed by atoms with E-state index in [1.807, 2.05) is 68.6 Å². The molecule has 0 radical (unpaired) electrons. The molecule has 0 fully saturated rings. The molecule has 0 amide bonds. The fourth-order valence-corrected chi connectivity index (χ4v) is 0.348. The van der Waals surface area contributed by atoms with Gasteiger partial charge in [0.05, 0.1) is 0 Å². The third kappa shape index (κ3) is 87.5. The summed E-state index contributed by atoms with van der Waals surface area (Å²) < 4.78 is 0. The second-order valence-electron chi connectivity index (χ2n) is 1.63. The summed E-state index contributed by atoms with van der Waals surface area (Å²) in [5.74, 6) is 0. The van der Waals surface area contributed by atoms with Gasteiger partial charge in [-0.2, -0.15) is 0 Å². The zero-order valence-corrected chi connectivity index (χ0v) is 13.3. The molecule has 0 aromatic rings. The number of hydrogen-bond acceptors (Lipinski definition) is 1. The molecule has 1 heteroatoms. The van der Waals surface area contributed by atoms with Crippen LogP contribution in [0.2, 0.25) is 0 Å². The maximum atomic E-state index is 2.96. The number of allylic oxidation sites excluding steroid dienone is 1. The van der Waals surface area contributed by atoms with Crippen molar-refractivity contribution in [2.24, 2.45) is 0 Å². The van der Waals surface area contributed by atoms with E-state index in [2.05, 4.69) is 19.2 Å². The minimum atomic E-state index is 1.14. The normalized spacial score (nSPS) is 7.00. The van der Waals surface area contributed by atoms with Gasteiger partial charge in [-0.1, -0.05) is 67.9 Å². The molecule has 0 saturated carbocycles. The molecule has 15 heavy (non-hydrogen) atoms. The summed E-state index contributed by atoms with van der Waals surface area (Å²) in [5.41, 5.74) is 1.39. The van der Waals surface area contributed by atoms with Crippen molar-refractivity contribution >= 4 is 0 Å². The van der Waals surface area contributed by atoms with E-state index in [1.54, 1.807) is 0 Å². The fraction of sp³-hybridized carbons (Fsp3) is 0.857. The minimum absolute atomic E-state index is 1.14. The molecule has 0 heterocycles. The van der Waals surface area contributed by atoms with E-state index < -0.39 is 0 Å². The average Bonchev–Trinajstić information content (AvgIpc) is 2.39. The molecule has 0 atom stereocenters. The maximum Gasteiger partial charge on any atom is 0.00276 e. The van der Waals surface area contributed by atoms with Crippen LogP contribution in [-0.2, 0) is 0 Å². The van der Waals surface area contributed by atoms with Gasteiger partial charge in [0.2, 0.25) is 0 Å². The lowest BCUT2D eigenvalue weighted by Crippen LogP contribution is -1.93. The molecule has 0 unspecified atom stereocenters. The van der Waals surface area contributed by atoms with E-state index in [-0.39, 0.29) is 0 Å². The van der Waals surface area contributed by atoms with Gasteiger partial charge < -0.3 is 5.32 Å². The molecule has 0 rings (SSSR count). The molecule has 0 spiro atoms. The van der Waals surface area contributed by atoms with Crippen molar-refractivity contribution in [1.29, 1.82) is 0 Å². The third-order valence-corrected chi connectivity index (χ3v) is 0.948. The van der Waals surface area contributed by atoms with Gasteiger partial charge in [0, 0.05) is 7.05 Å². The maximum absolute atomic E-state index is 2.96. The highest BCUT2D eigenvalue weighted by atomic mass is 14.8. The summed E-state index contributed by atoms with van der Waals surface area (Å²) in [6.07, 6.45) is 3.15. The summed E-state index contributed by atoms with van der Waals surface area (Å²) in [6.45, 7) is 20.2. The summed E-state index contributed by atoms with van der Waals surface area (Å²) in [4.78, 5) is 0. The lowest BCUT2D eigenvalue weighted by molar-refractivity contribution is 1.01. The van der Waals surface area contributed by atoms with Gasteiger partial charge in [-0.05, 0) is 19.5 Å². The summed E-state index contributed by atoms with van der Waals surface area (Å²) in [7, 11) is 1.92. The molecule has 0 aromatic heterocycles. The van der Waals surface area contributed by atoms with Crippen LogP contribution in [0.15, 0.2) is 11.8 Å². The van der Waals surface area contributed by atoms with Crippen LogP contribution in [0, 0.1) is 0 Å². The lowest BCUT2D eigenvalue weighted by atomic mass is 10.3. The van der Waals surface area contributed by atoms with E-state index in [0.717, 1.165) is 6.42 Å². The first-order valence-corrected chi connectivity index (χ1v) is 6.64. The highest BCUT2D eigenvalue weighted by molar-refractivity contribution is 4.93. The second kappa shape index (κ2) is 69.4. The van der Waals surface area contributed by atoms with Gasteiger partial charge in [-0.3, -0.25) is 0 Å². The molecule has 0 aliphatic heterocycles. The van der Waals surface area contributed by atoms with Crippen LogP contribution in [0.3, 0.4) is 0 Å². The van der Waals surface area contributed by atoms with Crippen molar-refractivity contribution in [3.8, 4) is 0 Å². The Morgan fingerprint density at radius 2 is 1.13 bits per heavy atom. The van der Waals surface area contributed by atoms with Crippen molar-refractivity contribution in [2.45, 2.75) is 75.7 Å². The zero-order valence-electron chi connectivity index (χ0n) is 13.3. The standard InChI is InChI=1S/C6H13N.4C2H6/c1-4-6(2)5-7-3;4*1-2/h5,7H,4H2,1-3H3;4*1-2H3. The molecule has 0 aliphatic carbocycles. The molecular weight excluding hydrogens is 182 g/mol. The Bertz CT molecular complexity index is 65.7. The van der Waals surface area contributed by atoms with Crippen molar-refractivity contribution in [2.75, 3.05) is 7.05 Å². The summed E-state index contributed by atoms with van der Waals surface area (Å²) in [5, 5.41) is 2.96. The van der Waals surface area contributed by atoms with Gasteiger partial charge in [0.1, 0.15) is 0 Å². The molecule has 0 saturated heterocycles. The van der Waals surface area contributed by atoms with E-state index in [0.29, 0.717) is 0 Å². The zero-order chi connectivity index (χ0) is 13.7. The Hall–Kier alpha value is -0.460. The first-order valence-electron chi connectivity index (χ1n) is 6.64. The van der Waals surface area contributed by atoms with Crippen LogP contribution < -0.4 is 5.32 Å². The van der Waals surface area contributed by atoms with Crippen LogP contribution in [0.4, 0.5) is 0 Å². The van der Waals surface area contributed by atoms with Crippen molar-refractivity contribution in [3.63, 3.8) is 0 Å². The van der Waals surface area contributed by atoms with E-state index in [4.69, 9.17) is 0 Å². The van der Waals surface area contributed by atoms with Crippen molar-refractivity contribution in [1.82, 2.24) is 5.32 Å². The summed E-state index contributed by atoms with van der Waals surface area (Å²) >= 11 is 0. The third-order valence-electron chi connectivity index (χ3n) is 0.948. The van der Waals surface area contributed by atoms with Gasteiger partial charge in [-0.25, -0.2) is 0 Å². The second-order valence-corrected chi connectivity index (χ2v) is 1.63. The Morgan fingerprint density at radius 1 is 0.867 bits per heavy atom. The number of nitrogens with one attached hydrogen (secondary N) is 1. The van der Waals surface area contributed by atoms with E-state index >= 15 is 0 Å². The smallest absolute Gasteiger partial charge is 0.00276 e. The van der Waals surface area contributed by atoms with Crippen LogP contribution >= 0.6 is 0 Å². The molecular formula is C14H37N. The SMILES string of the molecule is CC.CC.CC.CC.CCC(C)=CNC. The minimum Gasteiger partial charge on any atom is -0.394 e. The average molecular weight is 219 g/mol. The molecule has 0 bridgehead atoms. The van der Waals surface area contributed by atoms with Crippen molar-refractivity contribution in [3.05, 3.63) is 11.8 Å². The van der Waals surface area contributed by atoms with E-state index in [1.165, 1.54) is 5.57 Å². The Balaban J connectivity index is -0.0000000353. The first kappa shape index (κ1) is 29.3. The van der Waals surface area contributed by atoms with Crippen LogP contribution in [-0.4, -0.2) is 7.05 Å². The summed E-state index contributed by atoms with van der Waals surface area (Å²) in [6, 6.07) is 0. The van der Waals surface area contributed by atoms with Gasteiger partial charge >= 0.3 is 0 Å². The predicted octanol–water partition coefficient (Wildman–Crippen LogP) is 5.62. The number of rotatable bonds is 2. The molecule has 0 aromatic carbocycles. The monoisotopic (exact) mass is 219 g/mol.